The number of hydrogen-bond donors (Lipinski definition) is 0. The van der Waals surface area contributed by atoms with Crippen LogP contribution in [0.15, 0.2) is 24.3 Å². The Kier molecular flexibility index (Phi) is 2.59. The summed E-state index contributed by atoms with van der Waals surface area (Å²) in [6, 6.07) is 6.02. The molecular formula is C9H7NO4S. The van der Waals surface area contributed by atoms with Gasteiger partial charge in [0.05, 0.1) is 10.7 Å². The average Bonchev–Trinajstić information content (AvgIpc) is 2.65. The number of esters is 1. The SMILES string of the molecule is O=C1CSC(c2ccc([N+](=O)[O-])cc2)O1. The number of carbonyl (C=O) groups excluding carboxylic acids is 1. The zero-order valence-corrected chi connectivity index (χ0v) is 8.40. The van der Waals surface area contributed by atoms with E-state index < -0.39 is 4.92 Å². The van der Waals surface area contributed by atoms with Crippen LogP contribution < -0.4 is 0 Å². The van der Waals surface area contributed by atoms with Crippen molar-refractivity contribution in [2.45, 2.75) is 5.44 Å². The lowest BCUT2D eigenvalue weighted by atomic mass is 10.2. The average molecular weight is 225 g/mol. The third kappa shape index (κ3) is 2.10. The topological polar surface area (TPSA) is 69.4 Å². The van der Waals surface area contributed by atoms with E-state index in [4.69, 9.17) is 4.74 Å². The van der Waals surface area contributed by atoms with E-state index in [0.29, 0.717) is 5.75 Å². The van der Waals surface area contributed by atoms with Gasteiger partial charge in [-0.05, 0) is 12.1 Å². The summed E-state index contributed by atoms with van der Waals surface area (Å²) >= 11 is 1.38. The lowest BCUT2D eigenvalue weighted by molar-refractivity contribution is -0.384. The van der Waals surface area contributed by atoms with Gasteiger partial charge in [0.1, 0.15) is 0 Å². The van der Waals surface area contributed by atoms with Crippen molar-refractivity contribution >= 4 is 23.4 Å². The van der Waals surface area contributed by atoms with E-state index >= 15 is 0 Å². The maximum atomic E-state index is 10.9. The first-order chi connectivity index (χ1) is 7.16. The first kappa shape index (κ1) is 9.97. The summed E-state index contributed by atoms with van der Waals surface area (Å²) in [5.74, 6) is 0.0881. The van der Waals surface area contributed by atoms with Crippen molar-refractivity contribution in [2.24, 2.45) is 0 Å². The summed E-state index contributed by atoms with van der Waals surface area (Å²) in [7, 11) is 0. The van der Waals surface area contributed by atoms with E-state index in [1.807, 2.05) is 0 Å². The van der Waals surface area contributed by atoms with Crippen LogP contribution in [0.5, 0.6) is 0 Å². The Labute approximate surface area is 89.6 Å². The number of cyclic esters (lactones) is 1. The molecule has 0 aliphatic carbocycles. The Hall–Kier alpha value is -1.56. The molecule has 0 aromatic heterocycles. The van der Waals surface area contributed by atoms with Gasteiger partial charge in [0.25, 0.3) is 5.69 Å². The first-order valence-electron chi connectivity index (χ1n) is 4.22. The van der Waals surface area contributed by atoms with Crippen LogP contribution in [-0.4, -0.2) is 16.6 Å². The number of nitro benzene ring substituents is 1. The predicted octanol–water partition coefficient (Wildman–Crippen LogP) is 1.88. The number of non-ortho nitro benzene ring substituents is 1. The van der Waals surface area contributed by atoms with Crippen LogP contribution >= 0.6 is 11.8 Å². The molecular weight excluding hydrogens is 218 g/mol. The summed E-state index contributed by atoms with van der Waals surface area (Å²) < 4.78 is 5.00. The summed E-state index contributed by atoms with van der Waals surface area (Å²) in [6.07, 6.45) is 0. The highest BCUT2D eigenvalue weighted by Gasteiger charge is 2.25. The Morgan fingerprint density at radius 3 is 2.53 bits per heavy atom. The van der Waals surface area contributed by atoms with Crippen molar-refractivity contribution in [1.82, 2.24) is 0 Å². The fraction of sp³-hybridized carbons (Fsp3) is 0.222. The van der Waals surface area contributed by atoms with Crippen molar-refractivity contribution < 1.29 is 14.5 Å². The maximum Gasteiger partial charge on any atom is 0.317 e. The lowest BCUT2D eigenvalue weighted by Crippen LogP contribution is -1.98. The molecule has 0 N–H and O–H groups in total. The van der Waals surface area contributed by atoms with E-state index in [-0.39, 0.29) is 17.1 Å². The van der Waals surface area contributed by atoms with Gasteiger partial charge in [0.15, 0.2) is 5.44 Å². The molecule has 0 spiro atoms. The van der Waals surface area contributed by atoms with Crippen LogP contribution in [0.2, 0.25) is 0 Å². The molecule has 1 saturated heterocycles. The molecule has 1 fully saturated rings. The summed E-state index contributed by atoms with van der Waals surface area (Å²) in [4.78, 5) is 20.8. The molecule has 6 heteroatoms. The van der Waals surface area contributed by atoms with Gasteiger partial charge in [-0.25, -0.2) is 0 Å². The van der Waals surface area contributed by atoms with Crippen LogP contribution in [-0.2, 0) is 9.53 Å². The normalized spacial score (nSPS) is 20.0. The standard InChI is InChI=1S/C9H7NO4S/c11-8-5-15-9(14-8)6-1-3-7(4-2-6)10(12)13/h1-4,9H,5H2. The van der Waals surface area contributed by atoms with Crippen LogP contribution in [0, 0.1) is 10.1 Å². The van der Waals surface area contributed by atoms with Crippen molar-refractivity contribution in [3.63, 3.8) is 0 Å². The molecule has 1 unspecified atom stereocenters. The molecule has 5 nitrogen and oxygen atoms in total. The molecule has 1 aromatic carbocycles. The molecule has 78 valence electrons. The Morgan fingerprint density at radius 2 is 2.07 bits per heavy atom. The molecule has 15 heavy (non-hydrogen) atoms. The zero-order chi connectivity index (χ0) is 10.8. The van der Waals surface area contributed by atoms with Crippen molar-refractivity contribution in [3.8, 4) is 0 Å². The van der Waals surface area contributed by atoms with Crippen molar-refractivity contribution in [3.05, 3.63) is 39.9 Å². The first-order valence-corrected chi connectivity index (χ1v) is 5.27. The van der Waals surface area contributed by atoms with Gasteiger partial charge in [-0.15, -0.1) is 11.8 Å². The number of carbonyl (C=O) groups is 1. The molecule has 0 bridgehead atoms. The Balaban J connectivity index is 2.17. The van der Waals surface area contributed by atoms with Crippen molar-refractivity contribution in [2.75, 3.05) is 5.75 Å². The van der Waals surface area contributed by atoms with Gasteiger partial charge in [-0.1, -0.05) is 0 Å². The van der Waals surface area contributed by atoms with Crippen LogP contribution in [0.3, 0.4) is 0 Å². The van der Waals surface area contributed by atoms with E-state index in [1.54, 1.807) is 12.1 Å². The molecule has 0 radical (unpaired) electrons. The lowest BCUT2D eigenvalue weighted by Gasteiger charge is -2.07. The smallest absolute Gasteiger partial charge is 0.317 e. The monoisotopic (exact) mass is 225 g/mol. The van der Waals surface area contributed by atoms with Gasteiger partial charge in [-0.2, -0.15) is 0 Å². The molecule has 0 saturated carbocycles. The predicted molar refractivity (Wildman–Crippen MR) is 54.4 cm³/mol. The van der Waals surface area contributed by atoms with Crippen LogP contribution in [0.4, 0.5) is 5.69 Å². The quantitative estimate of drug-likeness (QED) is 0.436. The highest BCUT2D eigenvalue weighted by atomic mass is 32.2. The number of rotatable bonds is 2. The maximum absolute atomic E-state index is 10.9. The molecule has 1 atom stereocenters. The molecule has 1 aliphatic rings. The minimum Gasteiger partial charge on any atom is -0.446 e. The number of nitro groups is 1. The van der Waals surface area contributed by atoms with Gasteiger partial charge >= 0.3 is 5.97 Å². The number of ether oxygens (including phenoxy) is 1. The second kappa shape index (κ2) is 3.90. The summed E-state index contributed by atoms with van der Waals surface area (Å²) in [5, 5.41) is 10.4. The fourth-order valence-electron chi connectivity index (χ4n) is 1.25. The number of benzene rings is 1. The van der Waals surface area contributed by atoms with E-state index in [0.717, 1.165) is 5.56 Å². The Morgan fingerprint density at radius 1 is 1.40 bits per heavy atom. The molecule has 1 aromatic rings. The zero-order valence-electron chi connectivity index (χ0n) is 7.58. The largest absolute Gasteiger partial charge is 0.446 e. The van der Waals surface area contributed by atoms with Gasteiger partial charge < -0.3 is 4.74 Å². The molecule has 2 rings (SSSR count). The van der Waals surface area contributed by atoms with Crippen molar-refractivity contribution in [1.29, 1.82) is 0 Å². The van der Waals surface area contributed by atoms with E-state index in [2.05, 4.69) is 0 Å². The van der Waals surface area contributed by atoms with Gasteiger partial charge in [0.2, 0.25) is 0 Å². The number of nitrogens with zero attached hydrogens (tertiary/aromatic N) is 1. The highest BCUT2D eigenvalue weighted by molar-refractivity contribution is 8.00. The summed E-state index contributed by atoms with van der Waals surface area (Å²) in [5.41, 5.74) is 0.489. The molecule has 0 amide bonds. The minimum absolute atomic E-state index is 0.0353. The third-order valence-electron chi connectivity index (χ3n) is 1.97. The van der Waals surface area contributed by atoms with Crippen LogP contribution in [0.25, 0.3) is 0 Å². The number of hydrogen-bond acceptors (Lipinski definition) is 5. The summed E-state index contributed by atoms with van der Waals surface area (Å²) in [6.45, 7) is 0. The highest BCUT2D eigenvalue weighted by Crippen LogP contribution is 2.35. The minimum atomic E-state index is -0.461. The molecule has 1 aliphatic heterocycles. The van der Waals surface area contributed by atoms with E-state index in [9.17, 15) is 14.9 Å². The third-order valence-corrected chi connectivity index (χ3v) is 3.04. The second-order valence-corrected chi connectivity index (χ2v) is 4.03. The van der Waals surface area contributed by atoms with Crippen LogP contribution in [0.1, 0.15) is 11.0 Å². The second-order valence-electron chi connectivity index (χ2n) is 2.98. The Bertz CT molecular complexity index is 403. The van der Waals surface area contributed by atoms with Gasteiger partial charge in [0, 0.05) is 17.7 Å². The molecule has 1 heterocycles. The number of thioether (sulfide) groups is 1. The van der Waals surface area contributed by atoms with E-state index in [1.165, 1.54) is 23.9 Å². The van der Waals surface area contributed by atoms with Gasteiger partial charge in [-0.3, -0.25) is 14.9 Å². The fourth-order valence-corrected chi connectivity index (χ4v) is 2.13.